The first-order chi connectivity index (χ1) is 17.4. The smallest absolute Gasteiger partial charge is 0.417 e. The summed E-state index contributed by atoms with van der Waals surface area (Å²) >= 11 is 0. The molecule has 2 bridgehead atoms. The third-order valence-corrected chi connectivity index (χ3v) is 7.66. The summed E-state index contributed by atoms with van der Waals surface area (Å²) in [5, 5.41) is 0. The highest BCUT2D eigenvalue weighted by Crippen LogP contribution is 2.45. The average Bonchev–Trinajstić information content (AvgIpc) is 3.20. The van der Waals surface area contributed by atoms with E-state index in [0.29, 0.717) is 18.4 Å². The highest BCUT2D eigenvalue weighted by Gasteiger charge is 2.41. The maximum atomic E-state index is 13.6. The number of alkyl halides is 3. The van der Waals surface area contributed by atoms with Gasteiger partial charge in [0.05, 0.1) is 11.6 Å². The molecule has 2 atom stereocenters. The van der Waals surface area contributed by atoms with E-state index in [1.54, 1.807) is 4.90 Å². The van der Waals surface area contributed by atoms with Gasteiger partial charge in [0.2, 0.25) is 0 Å². The van der Waals surface area contributed by atoms with Crippen LogP contribution in [0.2, 0.25) is 0 Å². The van der Waals surface area contributed by atoms with E-state index in [2.05, 4.69) is 29.2 Å². The summed E-state index contributed by atoms with van der Waals surface area (Å²) in [4.78, 5) is 19.0. The van der Waals surface area contributed by atoms with E-state index in [1.807, 2.05) is 30.3 Å². The topological polar surface area (TPSA) is 42.4 Å². The van der Waals surface area contributed by atoms with Crippen LogP contribution in [0.1, 0.15) is 53.9 Å². The Morgan fingerprint density at radius 2 is 1.67 bits per heavy atom. The third kappa shape index (κ3) is 3.87. The van der Waals surface area contributed by atoms with Gasteiger partial charge in [-0.2, -0.15) is 13.2 Å². The molecule has 0 radical (unpaired) electrons. The van der Waals surface area contributed by atoms with Gasteiger partial charge in [-0.15, -0.1) is 0 Å². The number of ether oxygens (including phenoxy) is 1. The number of piperidine rings is 1. The largest absolute Gasteiger partial charge is 0.448 e. The molecular formula is C29H25F3N2O2. The van der Waals surface area contributed by atoms with Gasteiger partial charge in [-0.25, -0.2) is 4.79 Å². The first kappa shape index (κ1) is 22.8. The van der Waals surface area contributed by atoms with Crippen LogP contribution in [0, 0.1) is 0 Å². The Kier molecular flexibility index (Phi) is 5.58. The Labute approximate surface area is 207 Å². The number of pyridine rings is 1. The molecule has 184 valence electrons. The maximum absolute atomic E-state index is 13.6. The SMILES string of the molecule is O=C(OCC1c2ccccc2-c2ccccc21)N1C2C=C(c3cnccc3C(F)(F)F)CC1CCC2. The lowest BCUT2D eigenvalue weighted by atomic mass is 9.82. The van der Waals surface area contributed by atoms with Crippen LogP contribution in [-0.2, 0) is 10.9 Å². The number of aromatic nitrogens is 1. The van der Waals surface area contributed by atoms with Gasteiger partial charge in [-0.05, 0) is 59.6 Å². The fourth-order valence-corrected chi connectivity index (χ4v) is 6.08. The van der Waals surface area contributed by atoms with E-state index < -0.39 is 17.8 Å². The quantitative estimate of drug-likeness (QED) is 0.395. The minimum absolute atomic E-state index is 0.0400. The lowest BCUT2D eigenvalue weighted by molar-refractivity contribution is -0.137. The average molecular weight is 491 g/mol. The molecule has 1 aliphatic carbocycles. The van der Waals surface area contributed by atoms with Crippen LogP contribution < -0.4 is 0 Å². The van der Waals surface area contributed by atoms with Crippen LogP contribution in [0.25, 0.3) is 16.7 Å². The van der Waals surface area contributed by atoms with E-state index in [9.17, 15) is 18.0 Å². The molecule has 0 N–H and O–H groups in total. The molecule has 1 aromatic heterocycles. The van der Waals surface area contributed by atoms with Crippen molar-refractivity contribution in [1.29, 1.82) is 0 Å². The van der Waals surface area contributed by atoms with Gasteiger partial charge in [-0.1, -0.05) is 54.6 Å². The number of carbonyl (C=O) groups is 1. The maximum Gasteiger partial charge on any atom is 0.417 e. The zero-order valence-electron chi connectivity index (χ0n) is 19.5. The molecule has 0 saturated carbocycles. The molecule has 6 rings (SSSR count). The van der Waals surface area contributed by atoms with Crippen molar-refractivity contribution >= 4 is 11.7 Å². The Morgan fingerprint density at radius 3 is 2.33 bits per heavy atom. The first-order valence-electron chi connectivity index (χ1n) is 12.3. The molecule has 4 nitrogen and oxygen atoms in total. The van der Waals surface area contributed by atoms with E-state index in [1.165, 1.54) is 12.4 Å². The second kappa shape index (κ2) is 8.80. The summed E-state index contributed by atoms with van der Waals surface area (Å²) in [6.45, 7) is 0.222. The van der Waals surface area contributed by atoms with Crippen molar-refractivity contribution in [3.8, 4) is 11.1 Å². The number of hydrogen-bond donors (Lipinski definition) is 0. The van der Waals surface area contributed by atoms with Crippen LogP contribution >= 0.6 is 0 Å². The standard InChI is InChI=1S/C29H25F3N2O2/c30-29(31,32)27-12-13-33-16-25(27)18-14-19-6-5-7-20(15-18)34(19)28(35)36-17-26-23-10-3-1-8-21(23)22-9-2-4-11-24(22)26/h1-4,8-14,16,19-20,26H,5-7,15,17H2. The van der Waals surface area contributed by atoms with Crippen molar-refractivity contribution in [2.45, 2.75) is 49.9 Å². The molecule has 1 fully saturated rings. The number of hydrogen-bond acceptors (Lipinski definition) is 3. The number of carbonyl (C=O) groups excluding carboxylic acids is 1. The molecule has 2 unspecified atom stereocenters. The van der Waals surface area contributed by atoms with Crippen molar-refractivity contribution in [3.05, 3.63) is 95.3 Å². The van der Waals surface area contributed by atoms with E-state index in [-0.39, 0.29) is 30.2 Å². The Balaban J connectivity index is 1.24. The first-order valence-corrected chi connectivity index (χ1v) is 12.3. The molecule has 7 heteroatoms. The minimum Gasteiger partial charge on any atom is -0.448 e. The minimum atomic E-state index is -4.46. The molecule has 36 heavy (non-hydrogen) atoms. The Bertz CT molecular complexity index is 1300. The normalized spacial score (nSPS) is 21.0. The monoisotopic (exact) mass is 490 g/mol. The Morgan fingerprint density at radius 1 is 0.972 bits per heavy atom. The van der Waals surface area contributed by atoms with Crippen molar-refractivity contribution in [3.63, 3.8) is 0 Å². The van der Waals surface area contributed by atoms with Gasteiger partial charge in [0, 0.05) is 29.9 Å². The van der Waals surface area contributed by atoms with Gasteiger partial charge in [0.15, 0.2) is 0 Å². The predicted molar refractivity (Wildman–Crippen MR) is 130 cm³/mol. The lowest BCUT2D eigenvalue weighted by Crippen LogP contribution is -2.52. The summed E-state index contributed by atoms with van der Waals surface area (Å²) < 4.78 is 46.8. The van der Waals surface area contributed by atoms with E-state index >= 15 is 0 Å². The molecule has 3 aliphatic rings. The summed E-state index contributed by atoms with van der Waals surface area (Å²) in [5.41, 5.74) is 4.63. The van der Waals surface area contributed by atoms with Crippen molar-refractivity contribution in [2.24, 2.45) is 0 Å². The third-order valence-electron chi connectivity index (χ3n) is 7.66. The number of halogens is 3. The fourth-order valence-electron chi connectivity index (χ4n) is 6.08. The highest BCUT2D eigenvalue weighted by molar-refractivity contribution is 5.79. The zero-order chi connectivity index (χ0) is 24.9. The summed E-state index contributed by atoms with van der Waals surface area (Å²) in [7, 11) is 0. The second-order valence-electron chi connectivity index (χ2n) is 9.68. The summed E-state index contributed by atoms with van der Waals surface area (Å²) in [6, 6.07) is 16.9. The number of nitrogens with zero attached hydrogens (tertiary/aromatic N) is 2. The van der Waals surface area contributed by atoms with Crippen LogP contribution in [0.4, 0.5) is 18.0 Å². The van der Waals surface area contributed by atoms with Gasteiger partial charge in [0.25, 0.3) is 0 Å². The molecule has 2 aromatic carbocycles. The summed E-state index contributed by atoms with van der Waals surface area (Å²) in [5.74, 6) is -0.0400. The molecular weight excluding hydrogens is 465 g/mol. The van der Waals surface area contributed by atoms with Crippen molar-refractivity contribution in [2.75, 3.05) is 6.61 Å². The lowest BCUT2D eigenvalue weighted by Gasteiger charge is -2.44. The second-order valence-corrected chi connectivity index (χ2v) is 9.68. The van der Waals surface area contributed by atoms with E-state index in [4.69, 9.17) is 4.74 Å². The summed E-state index contributed by atoms with van der Waals surface area (Å²) in [6.07, 6.45) is 2.12. The van der Waals surface area contributed by atoms with Crippen LogP contribution in [0.3, 0.4) is 0 Å². The molecule has 2 aliphatic heterocycles. The Hall–Kier alpha value is -3.61. The van der Waals surface area contributed by atoms with Crippen LogP contribution in [-0.4, -0.2) is 34.7 Å². The van der Waals surface area contributed by atoms with Gasteiger partial charge in [-0.3, -0.25) is 9.88 Å². The van der Waals surface area contributed by atoms with Crippen molar-refractivity contribution in [1.82, 2.24) is 9.88 Å². The highest BCUT2D eigenvalue weighted by atomic mass is 19.4. The number of amides is 1. The molecule has 1 amide bonds. The van der Waals surface area contributed by atoms with Crippen molar-refractivity contribution < 1.29 is 22.7 Å². The number of benzene rings is 2. The fraction of sp³-hybridized carbons (Fsp3) is 0.310. The van der Waals surface area contributed by atoms with Gasteiger partial charge in [0.1, 0.15) is 6.61 Å². The molecule has 1 saturated heterocycles. The molecule has 3 aromatic rings. The number of fused-ring (bicyclic) bond motifs is 5. The molecule has 0 spiro atoms. The molecule has 3 heterocycles. The zero-order valence-corrected chi connectivity index (χ0v) is 19.5. The van der Waals surface area contributed by atoms with E-state index in [0.717, 1.165) is 41.2 Å². The van der Waals surface area contributed by atoms with Gasteiger partial charge >= 0.3 is 12.3 Å². The van der Waals surface area contributed by atoms with Gasteiger partial charge < -0.3 is 4.74 Å². The number of rotatable bonds is 3. The van der Waals surface area contributed by atoms with Crippen LogP contribution in [0.5, 0.6) is 0 Å². The predicted octanol–water partition coefficient (Wildman–Crippen LogP) is 7.06. The van der Waals surface area contributed by atoms with Crippen LogP contribution in [0.15, 0.2) is 73.1 Å².